The molecule has 3 rings (SSSR count). The van der Waals surface area contributed by atoms with Crippen LogP contribution < -0.4 is 4.90 Å². The topological polar surface area (TPSA) is 38.2 Å². The molecule has 22 heavy (non-hydrogen) atoms. The van der Waals surface area contributed by atoms with Crippen molar-refractivity contribution in [3.8, 4) is 0 Å². The van der Waals surface area contributed by atoms with Gasteiger partial charge in [-0.15, -0.1) is 0 Å². The highest BCUT2D eigenvalue weighted by Gasteiger charge is 2.24. The number of rotatable bonds is 3. The highest BCUT2D eigenvalue weighted by Crippen LogP contribution is 2.27. The average molecular weight is 301 g/mol. The molecule has 1 atom stereocenters. The zero-order valence-electron chi connectivity index (χ0n) is 12.9. The Hall–Kier alpha value is -2.01. The zero-order chi connectivity index (χ0) is 15.5. The lowest BCUT2D eigenvalue weighted by Crippen LogP contribution is -2.39. The molecule has 1 aliphatic heterocycles. The van der Waals surface area contributed by atoms with E-state index in [1.807, 2.05) is 13.1 Å². The summed E-state index contributed by atoms with van der Waals surface area (Å²) in [5.41, 5.74) is 2.14. The first-order valence-corrected chi connectivity index (χ1v) is 7.62. The van der Waals surface area contributed by atoms with Crippen LogP contribution in [0.1, 0.15) is 30.0 Å². The maximum Gasteiger partial charge on any atom is 0.135 e. The third-order valence-electron chi connectivity index (χ3n) is 3.95. The van der Waals surface area contributed by atoms with Gasteiger partial charge in [0.05, 0.1) is 6.61 Å². The van der Waals surface area contributed by atoms with Crippen LogP contribution in [0.15, 0.2) is 30.5 Å². The summed E-state index contributed by atoms with van der Waals surface area (Å²) < 4.78 is 18.9. The fourth-order valence-corrected chi connectivity index (χ4v) is 2.73. The van der Waals surface area contributed by atoms with E-state index in [-0.39, 0.29) is 11.9 Å². The van der Waals surface area contributed by atoms with Crippen LogP contribution >= 0.6 is 0 Å². The molecule has 0 bridgehead atoms. The normalized spacial score (nSPS) is 18.5. The van der Waals surface area contributed by atoms with E-state index in [2.05, 4.69) is 21.8 Å². The number of halogens is 1. The highest BCUT2D eigenvalue weighted by atomic mass is 19.1. The Labute approximate surface area is 130 Å². The van der Waals surface area contributed by atoms with E-state index in [0.717, 1.165) is 42.3 Å². The first kappa shape index (κ1) is 14.9. The molecule has 0 unspecified atom stereocenters. The van der Waals surface area contributed by atoms with E-state index in [9.17, 15) is 4.39 Å². The Morgan fingerprint density at radius 2 is 2.09 bits per heavy atom. The summed E-state index contributed by atoms with van der Waals surface area (Å²) in [5, 5.41) is 0. The molecule has 1 saturated heterocycles. The van der Waals surface area contributed by atoms with E-state index in [1.165, 1.54) is 12.1 Å². The van der Waals surface area contributed by atoms with Gasteiger partial charge in [-0.1, -0.05) is 19.1 Å². The molecule has 0 radical (unpaired) electrons. The van der Waals surface area contributed by atoms with Gasteiger partial charge in [0.2, 0.25) is 0 Å². The fraction of sp³-hybridized carbons (Fsp3) is 0.412. The van der Waals surface area contributed by atoms with Gasteiger partial charge in [-0.25, -0.2) is 14.4 Å². The summed E-state index contributed by atoms with van der Waals surface area (Å²) in [6, 6.07) is 6.53. The van der Waals surface area contributed by atoms with Crippen molar-refractivity contribution >= 4 is 5.82 Å². The molecular formula is C17H20FN3O. The Bertz CT molecular complexity index is 645. The molecule has 1 aromatic carbocycles. The van der Waals surface area contributed by atoms with E-state index in [0.29, 0.717) is 6.61 Å². The van der Waals surface area contributed by atoms with Gasteiger partial charge >= 0.3 is 0 Å². The summed E-state index contributed by atoms with van der Waals surface area (Å²) in [6.07, 6.45) is 2.74. The molecule has 0 amide bonds. The standard InChI is InChI=1S/C17H20FN3O/c1-3-13-10-19-12(2)20-17(13)21-8-9-22-16(11-21)14-4-6-15(18)7-5-14/h4-7,10,16H,3,8-9,11H2,1-2H3/t16-/m0/s1. The van der Waals surface area contributed by atoms with Crippen LogP contribution in [-0.2, 0) is 11.2 Å². The third kappa shape index (κ3) is 3.09. The highest BCUT2D eigenvalue weighted by molar-refractivity contribution is 5.47. The van der Waals surface area contributed by atoms with Crippen molar-refractivity contribution in [3.05, 3.63) is 53.2 Å². The minimum atomic E-state index is -0.226. The third-order valence-corrected chi connectivity index (χ3v) is 3.95. The maximum absolute atomic E-state index is 13.1. The van der Waals surface area contributed by atoms with E-state index in [4.69, 9.17) is 4.74 Å². The van der Waals surface area contributed by atoms with Crippen LogP contribution in [0.25, 0.3) is 0 Å². The average Bonchev–Trinajstić information content (AvgIpc) is 2.55. The molecule has 4 nitrogen and oxygen atoms in total. The lowest BCUT2D eigenvalue weighted by molar-refractivity contribution is 0.0394. The van der Waals surface area contributed by atoms with Gasteiger partial charge in [0.15, 0.2) is 0 Å². The summed E-state index contributed by atoms with van der Waals surface area (Å²) in [7, 11) is 0. The first-order valence-electron chi connectivity index (χ1n) is 7.62. The second-order valence-electron chi connectivity index (χ2n) is 5.48. The molecule has 116 valence electrons. The second-order valence-corrected chi connectivity index (χ2v) is 5.48. The number of hydrogen-bond acceptors (Lipinski definition) is 4. The number of aromatic nitrogens is 2. The van der Waals surface area contributed by atoms with Crippen molar-refractivity contribution in [2.45, 2.75) is 26.4 Å². The van der Waals surface area contributed by atoms with E-state index < -0.39 is 0 Å². The Kier molecular flexibility index (Phi) is 4.34. The Balaban J connectivity index is 1.84. The molecule has 0 saturated carbocycles. The van der Waals surface area contributed by atoms with Crippen molar-refractivity contribution < 1.29 is 9.13 Å². The van der Waals surface area contributed by atoms with Crippen LogP contribution in [-0.4, -0.2) is 29.7 Å². The van der Waals surface area contributed by atoms with Crippen LogP contribution in [0.2, 0.25) is 0 Å². The van der Waals surface area contributed by atoms with E-state index in [1.54, 1.807) is 12.1 Å². The number of anilines is 1. The van der Waals surface area contributed by atoms with Crippen molar-refractivity contribution in [1.82, 2.24) is 9.97 Å². The molecule has 5 heteroatoms. The number of hydrogen-bond donors (Lipinski definition) is 0. The van der Waals surface area contributed by atoms with Gasteiger partial charge in [0, 0.05) is 24.8 Å². The fourth-order valence-electron chi connectivity index (χ4n) is 2.73. The van der Waals surface area contributed by atoms with Gasteiger partial charge in [0.1, 0.15) is 23.6 Å². The van der Waals surface area contributed by atoms with Crippen LogP contribution in [0.3, 0.4) is 0 Å². The van der Waals surface area contributed by atoms with Gasteiger partial charge in [0.25, 0.3) is 0 Å². The largest absolute Gasteiger partial charge is 0.370 e. The minimum absolute atomic E-state index is 0.0608. The molecule has 0 aliphatic carbocycles. The van der Waals surface area contributed by atoms with Crippen molar-refractivity contribution in [1.29, 1.82) is 0 Å². The summed E-state index contributed by atoms with van der Waals surface area (Å²) in [5.74, 6) is 1.54. The molecule has 0 spiro atoms. The molecular weight excluding hydrogens is 281 g/mol. The van der Waals surface area contributed by atoms with Crippen LogP contribution in [0.4, 0.5) is 10.2 Å². The molecule has 2 aromatic rings. The lowest BCUT2D eigenvalue weighted by atomic mass is 10.1. The Morgan fingerprint density at radius 3 is 2.82 bits per heavy atom. The van der Waals surface area contributed by atoms with Crippen molar-refractivity contribution in [2.75, 3.05) is 24.6 Å². The lowest BCUT2D eigenvalue weighted by Gasteiger charge is -2.35. The van der Waals surface area contributed by atoms with E-state index >= 15 is 0 Å². The second kappa shape index (κ2) is 6.40. The zero-order valence-corrected chi connectivity index (χ0v) is 12.9. The first-order chi connectivity index (χ1) is 10.7. The Morgan fingerprint density at radius 1 is 1.32 bits per heavy atom. The minimum Gasteiger partial charge on any atom is -0.370 e. The molecule has 2 heterocycles. The summed E-state index contributed by atoms with van der Waals surface area (Å²) in [4.78, 5) is 11.1. The summed E-state index contributed by atoms with van der Waals surface area (Å²) in [6.45, 7) is 6.17. The monoisotopic (exact) mass is 301 g/mol. The van der Waals surface area contributed by atoms with Gasteiger partial charge in [-0.2, -0.15) is 0 Å². The number of morpholine rings is 1. The van der Waals surface area contributed by atoms with Crippen molar-refractivity contribution in [3.63, 3.8) is 0 Å². The predicted octanol–water partition coefficient (Wildman–Crippen LogP) is 3.06. The van der Waals surface area contributed by atoms with Gasteiger partial charge in [-0.05, 0) is 31.0 Å². The SMILES string of the molecule is CCc1cnc(C)nc1N1CCO[C@H](c2ccc(F)cc2)C1. The molecule has 0 N–H and O–H groups in total. The number of nitrogens with zero attached hydrogens (tertiary/aromatic N) is 3. The van der Waals surface area contributed by atoms with Crippen molar-refractivity contribution in [2.24, 2.45) is 0 Å². The number of ether oxygens (including phenoxy) is 1. The number of aryl methyl sites for hydroxylation is 2. The molecule has 1 fully saturated rings. The van der Waals surface area contributed by atoms with Crippen LogP contribution in [0, 0.1) is 12.7 Å². The number of benzene rings is 1. The quantitative estimate of drug-likeness (QED) is 0.873. The van der Waals surface area contributed by atoms with Gasteiger partial charge < -0.3 is 9.64 Å². The molecule has 1 aromatic heterocycles. The van der Waals surface area contributed by atoms with Crippen LogP contribution in [0.5, 0.6) is 0 Å². The maximum atomic E-state index is 13.1. The summed E-state index contributed by atoms with van der Waals surface area (Å²) >= 11 is 0. The molecule has 1 aliphatic rings. The van der Waals surface area contributed by atoms with Gasteiger partial charge in [-0.3, -0.25) is 0 Å². The smallest absolute Gasteiger partial charge is 0.135 e. The predicted molar refractivity (Wildman–Crippen MR) is 83.5 cm³/mol.